The van der Waals surface area contributed by atoms with E-state index in [0.717, 1.165) is 11.1 Å². The third kappa shape index (κ3) is 2.73. The quantitative estimate of drug-likeness (QED) is 0.823. The standard InChI is InChI=1S/C13H13NO3/c1-9(15)16-13-7-6-12(17-13)11-4-2-10(8-14)3-5-11/h2-7H,8,14H2,1H3. The van der Waals surface area contributed by atoms with Crippen LogP contribution in [0.15, 0.2) is 40.8 Å². The van der Waals surface area contributed by atoms with Gasteiger partial charge in [0.25, 0.3) is 5.95 Å². The van der Waals surface area contributed by atoms with Crippen LogP contribution in [0.25, 0.3) is 11.3 Å². The van der Waals surface area contributed by atoms with Gasteiger partial charge in [-0.1, -0.05) is 24.3 Å². The molecular formula is C13H13NO3. The van der Waals surface area contributed by atoms with E-state index >= 15 is 0 Å². The summed E-state index contributed by atoms with van der Waals surface area (Å²) in [6.07, 6.45) is 0. The van der Waals surface area contributed by atoms with Crippen LogP contribution in [0.3, 0.4) is 0 Å². The lowest BCUT2D eigenvalue weighted by atomic mass is 10.1. The van der Waals surface area contributed by atoms with Crippen molar-refractivity contribution in [3.63, 3.8) is 0 Å². The van der Waals surface area contributed by atoms with Crippen molar-refractivity contribution in [1.82, 2.24) is 0 Å². The molecular weight excluding hydrogens is 218 g/mol. The van der Waals surface area contributed by atoms with Crippen molar-refractivity contribution in [2.45, 2.75) is 13.5 Å². The lowest BCUT2D eigenvalue weighted by molar-refractivity contribution is -0.133. The van der Waals surface area contributed by atoms with E-state index in [1.807, 2.05) is 24.3 Å². The van der Waals surface area contributed by atoms with E-state index < -0.39 is 5.97 Å². The molecule has 2 N–H and O–H groups in total. The van der Waals surface area contributed by atoms with Crippen molar-refractivity contribution in [1.29, 1.82) is 0 Å². The van der Waals surface area contributed by atoms with E-state index in [2.05, 4.69) is 0 Å². The summed E-state index contributed by atoms with van der Waals surface area (Å²) < 4.78 is 10.2. The van der Waals surface area contributed by atoms with Crippen LogP contribution in [-0.4, -0.2) is 5.97 Å². The molecule has 0 fully saturated rings. The molecule has 1 aromatic heterocycles. The number of benzene rings is 1. The number of nitrogens with two attached hydrogens (primary N) is 1. The number of hydrogen-bond donors (Lipinski definition) is 1. The molecule has 4 nitrogen and oxygen atoms in total. The van der Waals surface area contributed by atoms with Crippen molar-refractivity contribution in [3.05, 3.63) is 42.0 Å². The molecule has 2 aromatic rings. The van der Waals surface area contributed by atoms with Crippen molar-refractivity contribution in [3.8, 4) is 17.3 Å². The van der Waals surface area contributed by atoms with Gasteiger partial charge in [0.15, 0.2) is 0 Å². The van der Waals surface area contributed by atoms with Crippen molar-refractivity contribution >= 4 is 5.97 Å². The molecule has 2 rings (SSSR count). The van der Waals surface area contributed by atoms with Gasteiger partial charge in [-0.2, -0.15) is 0 Å². The monoisotopic (exact) mass is 231 g/mol. The molecule has 0 spiro atoms. The van der Waals surface area contributed by atoms with Gasteiger partial charge in [0.2, 0.25) is 0 Å². The molecule has 0 saturated carbocycles. The molecule has 4 heteroatoms. The van der Waals surface area contributed by atoms with Crippen molar-refractivity contribution in [2.24, 2.45) is 5.73 Å². The molecule has 0 aliphatic rings. The van der Waals surface area contributed by atoms with Crippen LogP contribution in [0, 0.1) is 0 Å². The first-order valence-electron chi connectivity index (χ1n) is 5.26. The maximum absolute atomic E-state index is 10.7. The van der Waals surface area contributed by atoms with Crippen LogP contribution < -0.4 is 10.5 Å². The van der Waals surface area contributed by atoms with E-state index in [0.29, 0.717) is 12.3 Å². The predicted molar refractivity (Wildman–Crippen MR) is 63.3 cm³/mol. The fraction of sp³-hybridized carbons (Fsp3) is 0.154. The van der Waals surface area contributed by atoms with Crippen molar-refractivity contribution in [2.75, 3.05) is 0 Å². The van der Waals surface area contributed by atoms with Crippen LogP contribution in [0.5, 0.6) is 5.95 Å². The van der Waals surface area contributed by atoms with Gasteiger partial charge in [0.1, 0.15) is 5.76 Å². The number of ether oxygens (including phenoxy) is 1. The topological polar surface area (TPSA) is 65.5 Å². The highest BCUT2D eigenvalue weighted by Gasteiger charge is 2.07. The molecule has 0 radical (unpaired) electrons. The Balaban J connectivity index is 2.21. The molecule has 0 atom stereocenters. The summed E-state index contributed by atoms with van der Waals surface area (Å²) in [5, 5.41) is 0. The zero-order chi connectivity index (χ0) is 12.3. The first-order chi connectivity index (χ1) is 8.19. The summed E-state index contributed by atoms with van der Waals surface area (Å²) in [5.41, 5.74) is 7.49. The minimum Gasteiger partial charge on any atom is -0.425 e. The Morgan fingerprint density at radius 2 is 1.94 bits per heavy atom. The number of hydrogen-bond acceptors (Lipinski definition) is 4. The van der Waals surface area contributed by atoms with Crippen molar-refractivity contribution < 1.29 is 13.9 Å². The Labute approximate surface area is 99.0 Å². The summed E-state index contributed by atoms with van der Waals surface area (Å²) in [5.74, 6) is 0.463. The number of carbonyl (C=O) groups excluding carboxylic acids is 1. The van der Waals surface area contributed by atoms with E-state index in [9.17, 15) is 4.79 Å². The van der Waals surface area contributed by atoms with E-state index in [4.69, 9.17) is 14.9 Å². The Bertz CT molecular complexity index is 514. The van der Waals surface area contributed by atoms with Crippen LogP contribution in [0.1, 0.15) is 12.5 Å². The van der Waals surface area contributed by atoms with Crippen LogP contribution in [-0.2, 0) is 11.3 Å². The molecule has 17 heavy (non-hydrogen) atoms. The Kier molecular flexibility index (Phi) is 3.25. The fourth-order valence-corrected chi connectivity index (χ4v) is 1.48. The third-order valence-electron chi connectivity index (χ3n) is 2.30. The molecule has 1 aromatic carbocycles. The Morgan fingerprint density at radius 1 is 1.24 bits per heavy atom. The average Bonchev–Trinajstić information content (AvgIpc) is 2.77. The second-order valence-corrected chi connectivity index (χ2v) is 3.61. The SMILES string of the molecule is CC(=O)Oc1ccc(-c2ccc(CN)cc2)o1. The van der Waals surface area contributed by atoms with Crippen LogP contribution in [0.2, 0.25) is 0 Å². The summed E-state index contributed by atoms with van der Waals surface area (Å²) in [6, 6.07) is 11.1. The molecule has 0 amide bonds. The van der Waals surface area contributed by atoms with E-state index in [-0.39, 0.29) is 5.95 Å². The highest BCUT2D eigenvalue weighted by Crippen LogP contribution is 2.26. The van der Waals surface area contributed by atoms with Crippen LogP contribution >= 0.6 is 0 Å². The highest BCUT2D eigenvalue weighted by molar-refractivity contribution is 5.69. The van der Waals surface area contributed by atoms with E-state index in [1.54, 1.807) is 12.1 Å². The average molecular weight is 231 g/mol. The Morgan fingerprint density at radius 3 is 2.53 bits per heavy atom. The molecule has 0 aliphatic carbocycles. The molecule has 0 saturated heterocycles. The lowest BCUT2D eigenvalue weighted by Gasteiger charge is -1.99. The van der Waals surface area contributed by atoms with Gasteiger partial charge >= 0.3 is 5.97 Å². The predicted octanol–water partition coefficient (Wildman–Crippen LogP) is 2.33. The maximum atomic E-state index is 10.7. The second kappa shape index (κ2) is 4.84. The van der Waals surface area contributed by atoms with Gasteiger partial charge in [0.05, 0.1) is 0 Å². The van der Waals surface area contributed by atoms with Crippen LogP contribution in [0.4, 0.5) is 0 Å². The van der Waals surface area contributed by atoms with Gasteiger partial charge in [-0.05, 0) is 11.6 Å². The molecule has 0 aliphatic heterocycles. The highest BCUT2D eigenvalue weighted by atomic mass is 16.6. The smallest absolute Gasteiger partial charge is 0.310 e. The molecule has 88 valence electrons. The lowest BCUT2D eigenvalue weighted by Crippen LogP contribution is -1.99. The summed E-state index contributed by atoms with van der Waals surface area (Å²) in [4.78, 5) is 10.7. The van der Waals surface area contributed by atoms with Gasteiger partial charge in [-0.3, -0.25) is 4.79 Å². The van der Waals surface area contributed by atoms with Gasteiger partial charge in [-0.25, -0.2) is 0 Å². The molecule has 0 unspecified atom stereocenters. The normalized spacial score (nSPS) is 10.2. The fourth-order valence-electron chi connectivity index (χ4n) is 1.48. The number of furan rings is 1. The summed E-state index contributed by atoms with van der Waals surface area (Å²) in [6.45, 7) is 1.84. The molecule has 1 heterocycles. The largest absolute Gasteiger partial charge is 0.425 e. The number of carbonyl (C=O) groups is 1. The number of esters is 1. The minimum absolute atomic E-state index is 0.204. The van der Waals surface area contributed by atoms with E-state index in [1.165, 1.54) is 6.92 Å². The first kappa shape index (κ1) is 11.4. The third-order valence-corrected chi connectivity index (χ3v) is 2.30. The van der Waals surface area contributed by atoms with Gasteiger partial charge in [-0.15, -0.1) is 0 Å². The molecule has 0 bridgehead atoms. The Hall–Kier alpha value is -2.07. The zero-order valence-electron chi connectivity index (χ0n) is 9.47. The summed E-state index contributed by atoms with van der Waals surface area (Å²) in [7, 11) is 0. The summed E-state index contributed by atoms with van der Waals surface area (Å²) >= 11 is 0. The maximum Gasteiger partial charge on any atom is 0.310 e. The number of rotatable bonds is 3. The zero-order valence-corrected chi connectivity index (χ0v) is 9.47. The van der Waals surface area contributed by atoms with Gasteiger partial charge < -0.3 is 14.9 Å². The first-order valence-corrected chi connectivity index (χ1v) is 5.26. The van der Waals surface area contributed by atoms with Gasteiger partial charge in [0, 0.05) is 25.1 Å². The second-order valence-electron chi connectivity index (χ2n) is 3.61. The minimum atomic E-state index is -0.399.